The fraction of sp³-hybridized carbons (Fsp3) is 0.190. The van der Waals surface area contributed by atoms with Crippen molar-refractivity contribution in [2.45, 2.75) is 13.8 Å². The molecular formula is C21H18Cl2N2O5. The Bertz CT molecular complexity index is 1090. The number of nitrogens with zero attached hydrogens (tertiary/aromatic N) is 1. The average molecular weight is 449 g/mol. The lowest BCUT2D eigenvalue weighted by molar-refractivity contribution is -0.118. The molecule has 0 atom stereocenters. The molecule has 1 aromatic heterocycles. The predicted molar refractivity (Wildman–Crippen MR) is 113 cm³/mol. The number of hydrogen-bond donors (Lipinski definition) is 1. The Morgan fingerprint density at radius 1 is 1.13 bits per heavy atom. The van der Waals surface area contributed by atoms with Gasteiger partial charge in [0.15, 0.2) is 12.2 Å². The zero-order chi connectivity index (χ0) is 21.8. The molecule has 0 saturated carbocycles. The first kappa shape index (κ1) is 21.7. The number of methoxy groups -OCH3 is 1. The van der Waals surface area contributed by atoms with Gasteiger partial charge in [0, 0.05) is 5.56 Å². The Hall–Kier alpha value is -3.03. The van der Waals surface area contributed by atoms with E-state index in [1.165, 1.54) is 7.11 Å². The van der Waals surface area contributed by atoms with Crippen LogP contribution in [0.1, 0.15) is 21.5 Å². The number of anilines is 1. The Morgan fingerprint density at radius 3 is 2.47 bits per heavy atom. The lowest BCUT2D eigenvalue weighted by Crippen LogP contribution is -2.21. The van der Waals surface area contributed by atoms with Crippen molar-refractivity contribution in [1.29, 1.82) is 0 Å². The lowest BCUT2D eigenvalue weighted by Gasteiger charge is -2.10. The average Bonchev–Trinajstić information content (AvgIpc) is 3.09. The van der Waals surface area contributed by atoms with Gasteiger partial charge < -0.3 is 14.0 Å². The van der Waals surface area contributed by atoms with Crippen molar-refractivity contribution >= 4 is 41.0 Å². The van der Waals surface area contributed by atoms with E-state index in [1.807, 2.05) is 26.0 Å². The molecule has 0 bridgehead atoms. The monoisotopic (exact) mass is 448 g/mol. The number of hydrogen-bond acceptors (Lipinski definition) is 6. The first-order valence-electron chi connectivity index (χ1n) is 8.84. The molecule has 9 heteroatoms. The van der Waals surface area contributed by atoms with Crippen molar-refractivity contribution < 1.29 is 23.6 Å². The quantitative estimate of drug-likeness (QED) is 0.529. The molecule has 30 heavy (non-hydrogen) atoms. The van der Waals surface area contributed by atoms with E-state index < -0.39 is 11.9 Å². The molecule has 2 aromatic carbocycles. The van der Waals surface area contributed by atoms with Crippen LogP contribution in [0.5, 0.6) is 5.75 Å². The smallest absolute Gasteiger partial charge is 0.345 e. The number of halogens is 2. The molecule has 0 aliphatic rings. The van der Waals surface area contributed by atoms with Crippen LogP contribution >= 0.6 is 23.2 Å². The predicted octanol–water partition coefficient (Wildman–Crippen LogP) is 5.07. The highest BCUT2D eigenvalue weighted by atomic mass is 35.5. The number of esters is 1. The van der Waals surface area contributed by atoms with E-state index in [0.717, 1.165) is 11.1 Å². The van der Waals surface area contributed by atoms with Gasteiger partial charge in [-0.15, -0.1) is 0 Å². The fourth-order valence-electron chi connectivity index (χ4n) is 2.83. The van der Waals surface area contributed by atoms with Gasteiger partial charge in [0.1, 0.15) is 11.4 Å². The maximum atomic E-state index is 12.4. The maximum absolute atomic E-state index is 12.4. The van der Waals surface area contributed by atoms with Gasteiger partial charge in [-0.1, -0.05) is 52.1 Å². The third-order valence-electron chi connectivity index (χ3n) is 4.22. The Kier molecular flexibility index (Phi) is 6.64. The van der Waals surface area contributed by atoms with Gasteiger partial charge in [0.2, 0.25) is 5.88 Å². The number of nitrogens with one attached hydrogen (secondary N) is 1. The van der Waals surface area contributed by atoms with E-state index in [4.69, 9.17) is 37.2 Å². The summed E-state index contributed by atoms with van der Waals surface area (Å²) in [7, 11) is 1.20. The van der Waals surface area contributed by atoms with E-state index in [9.17, 15) is 9.59 Å². The van der Waals surface area contributed by atoms with Gasteiger partial charge in [-0.05, 0) is 37.6 Å². The number of carbonyl (C=O) groups is 2. The lowest BCUT2D eigenvalue weighted by atomic mass is 10.1. The number of amides is 1. The molecule has 0 aliphatic carbocycles. The number of aryl methyl sites for hydroxylation is 2. The Balaban J connectivity index is 1.84. The van der Waals surface area contributed by atoms with E-state index in [0.29, 0.717) is 5.75 Å². The molecule has 0 unspecified atom stereocenters. The maximum Gasteiger partial charge on any atom is 0.345 e. The van der Waals surface area contributed by atoms with E-state index >= 15 is 0 Å². The Morgan fingerprint density at radius 2 is 1.83 bits per heavy atom. The molecule has 1 N–H and O–H groups in total. The van der Waals surface area contributed by atoms with Crippen LogP contribution in [-0.2, 0) is 9.53 Å². The van der Waals surface area contributed by atoms with Crippen LogP contribution in [0.4, 0.5) is 5.88 Å². The fourth-order valence-corrected chi connectivity index (χ4v) is 3.41. The Labute approximate surface area is 182 Å². The highest BCUT2D eigenvalue weighted by Gasteiger charge is 2.28. The molecule has 156 valence electrons. The number of rotatable bonds is 6. The molecule has 7 nitrogen and oxygen atoms in total. The molecule has 0 fully saturated rings. The van der Waals surface area contributed by atoms with Crippen molar-refractivity contribution in [1.82, 2.24) is 5.16 Å². The van der Waals surface area contributed by atoms with Crippen LogP contribution in [0.15, 0.2) is 40.9 Å². The first-order chi connectivity index (χ1) is 14.3. The summed E-state index contributed by atoms with van der Waals surface area (Å²) in [4.78, 5) is 24.7. The third kappa shape index (κ3) is 4.58. The van der Waals surface area contributed by atoms with Gasteiger partial charge in [0.05, 0.1) is 17.2 Å². The minimum absolute atomic E-state index is 0.0584. The van der Waals surface area contributed by atoms with Crippen LogP contribution in [0.2, 0.25) is 10.0 Å². The highest BCUT2D eigenvalue weighted by Crippen LogP contribution is 2.38. The summed E-state index contributed by atoms with van der Waals surface area (Å²) in [5.74, 6) is -0.937. The number of benzene rings is 2. The molecular weight excluding hydrogens is 431 g/mol. The second kappa shape index (κ2) is 9.19. The second-order valence-electron chi connectivity index (χ2n) is 6.43. The van der Waals surface area contributed by atoms with Crippen molar-refractivity contribution in [3.05, 3.63) is 63.1 Å². The molecule has 0 spiro atoms. The number of carbonyl (C=O) groups excluding carboxylic acids is 2. The zero-order valence-electron chi connectivity index (χ0n) is 16.4. The summed E-state index contributed by atoms with van der Waals surface area (Å²) < 4.78 is 15.5. The van der Waals surface area contributed by atoms with Crippen molar-refractivity contribution in [2.75, 3.05) is 19.0 Å². The standard InChI is InChI=1S/C21H18Cl2N2O5/c1-11-7-8-15(12(2)9-11)29-10-16(26)24-20-18(21(27)28-3)19(25-30-20)17-13(22)5-4-6-14(17)23/h4-9H,10H2,1-3H3,(H,24,26). The van der Waals surface area contributed by atoms with E-state index in [-0.39, 0.29) is 39.4 Å². The van der Waals surface area contributed by atoms with Crippen molar-refractivity contribution in [2.24, 2.45) is 0 Å². The van der Waals surface area contributed by atoms with Gasteiger partial charge in [0.25, 0.3) is 5.91 Å². The van der Waals surface area contributed by atoms with E-state index in [2.05, 4.69) is 10.5 Å². The summed E-state index contributed by atoms with van der Waals surface area (Å²) in [6.07, 6.45) is 0. The summed E-state index contributed by atoms with van der Waals surface area (Å²) in [5, 5.41) is 6.87. The normalized spacial score (nSPS) is 10.6. The highest BCUT2D eigenvalue weighted by molar-refractivity contribution is 6.39. The van der Waals surface area contributed by atoms with Crippen LogP contribution in [0.3, 0.4) is 0 Å². The first-order valence-corrected chi connectivity index (χ1v) is 9.59. The third-order valence-corrected chi connectivity index (χ3v) is 4.85. The minimum Gasteiger partial charge on any atom is -0.483 e. The number of aromatic nitrogens is 1. The molecule has 1 heterocycles. The zero-order valence-corrected chi connectivity index (χ0v) is 17.9. The molecule has 1 amide bonds. The molecule has 0 radical (unpaired) electrons. The molecule has 0 saturated heterocycles. The van der Waals surface area contributed by atoms with Gasteiger partial charge in [-0.25, -0.2) is 4.79 Å². The summed E-state index contributed by atoms with van der Waals surface area (Å²) in [5.41, 5.74) is 2.22. The largest absolute Gasteiger partial charge is 0.483 e. The van der Waals surface area contributed by atoms with Crippen LogP contribution in [-0.4, -0.2) is 30.7 Å². The van der Waals surface area contributed by atoms with E-state index in [1.54, 1.807) is 24.3 Å². The van der Waals surface area contributed by atoms with Crippen LogP contribution in [0, 0.1) is 13.8 Å². The summed E-state index contributed by atoms with van der Waals surface area (Å²) in [6.45, 7) is 3.55. The number of ether oxygens (including phenoxy) is 2. The minimum atomic E-state index is -0.771. The topological polar surface area (TPSA) is 90.7 Å². The van der Waals surface area contributed by atoms with Crippen LogP contribution < -0.4 is 10.1 Å². The van der Waals surface area contributed by atoms with Crippen molar-refractivity contribution in [3.8, 4) is 17.0 Å². The van der Waals surface area contributed by atoms with Crippen molar-refractivity contribution in [3.63, 3.8) is 0 Å². The van der Waals surface area contributed by atoms with Gasteiger partial charge >= 0.3 is 5.97 Å². The molecule has 3 aromatic rings. The summed E-state index contributed by atoms with van der Waals surface area (Å²) >= 11 is 12.4. The molecule has 0 aliphatic heterocycles. The van der Waals surface area contributed by atoms with Gasteiger partial charge in [-0.2, -0.15) is 0 Å². The van der Waals surface area contributed by atoms with Gasteiger partial charge in [-0.3, -0.25) is 10.1 Å². The SMILES string of the molecule is COC(=O)c1c(-c2c(Cl)cccc2Cl)noc1NC(=O)COc1ccc(C)cc1C. The second-order valence-corrected chi connectivity index (χ2v) is 7.24. The summed E-state index contributed by atoms with van der Waals surface area (Å²) in [6, 6.07) is 10.4. The van der Waals surface area contributed by atoms with Crippen LogP contribution in [0.25, 0.3) is 11.3 Å². The molecule has 3 rings (SSSR count).